The third-order valence-corrected chi connectivity index (χ3v) is 2.58. The number of esters is 1. The van der Waals surface area contributed by atoms with Crippen molar-refractivity contribution < 1.29 is 19.1 Å². The van der Waals surface area contributed by atoms with Crippen LogP contribution in [0.1, 0.15) is 37.0 Å². The molecule has 1 aromatic rings. The molecule has 0 saturated heterocycles. The maximum Gasteiger partial charge on any atom is 0.305 e. The van der Waals surface area contributed by atoms with Gasteiger partial charge in [-0.25, -0.2) is 0 Å². The zero-order chi connectivity index (χ0) is 13.5. The molecule has 0 aliphatic rings. The van der Waals surface area contributed by atoms with Crippen LogP contribution in [-0.4, -0.2) is 25.0 Å². The predicted octanol–water partition coefficient (Wildman–Crippen LogP) is 2.61. The van der Waals surface area contributed by atoms with Crippen LogP contribution in [0.3, 0.4) is 0 Å². The molecular weight excluding hydrogens is 232 g/mol. The molecule has 0 aliphatic heterocycles. The van der Waals surface area contributed by atoms with Gasteiger partial charge >= 0.3 is 5.97 Å². The van der Waals surface area contributed by atoms with E-state index in [0.29, 0.717) is 24.2 Å². The first-order chi connectivity index (χ1) is 8.54. The molecule has 1 aromatic carbocycles. The van der Waals surface area contributed by atoms with E-state index in [4.69, 9.17) is 4.74 Å². The van der Waals surface area contributed by atoms with Crippen molar-refractivity contribution in [2.45, 2.75) is 32.8 Å². The maximum absolute atomic E-state index is 11.4. The van der Waals surface area contributed by atoms with Crippen molar-refractivity contribution >= 4 is 11.8 Å². The lowest BCUT2D eigenvalue weighted by Crippen LogP contribution is -2.15. The Morgan fingerprint density at radius 3 is 2.56 bits per heavy atom. The average Bonchev–Trinajstić information content (AvgIpc) is 2.36. The normalized spacial score (nSPS) is 11.7. The van der Waals surface area contributed by atoms with Crippen molar-refractivity contribution in [3.8, 4) is 5.75 Å². The number of hydrogen-bond acceptors (Lipinski definition) is 4. The summed E-state index contributed by atoms with van der Waals surface area (Å²) < 4.78 is 10.2. The fraction of sp³-hybridized carbons (Fsp3) is 0.429. The van der Waals surface area contributed by atoms with Gasteiger partial charge in [0.15, 0.2) is 5.78 Å². The van der Waals surface area contributed by atoms with Gasteiger partial charge in [0.1, 0.15) is 5.75 Å². The van der Waals surface area contributed by atoms with E-state index in [1.807, 2.05) is 13.0 Å². The van der Waals surface area contributed by atoms with Crippen LogP contribution >= 0.6 is 0 Å². The molecule has 0 saturated carbocycles. The molecule has 1 unspecified atom stereocenters. The monoisotopic (exact) mass is 250 g/mol. The van der Waals surface area contributed by atoms with Crippen LogP contribution in [0.4, 0.5) is 0 Å². The first-order valence-electron chi connectivity index (χ1n) is 5.88. The first-order valence-corrected chi connectivity index (χ1v) is 5.88. The molecule has 0 fully saturated rings. The molecule has 0 spiro atoms. The Morgan fingerprint density at radius 1 is 1.28 bits per heavy atom. The molecule has 4 heteroatoms. The number of Topliss-reactive ketones (excluding diaryl/α,β-unsaturated/α-hetero) is 1. The van der Waals surface area contributed by atoms with E-state index in [2.05, 4.69) is 4.74 Å². The van der Waals surface area contributed by atoms with E-state index in [-0.39, 0.29) is 17.9 Å². The van der Waals surface area contributed by atoms with Gasteiger partial charge in [0.05, 0.1) is 18.8 Å². The second kappa shape index (κ2) is 6.79. The fourth-order valence-corrected chi connectivity index (χ4v) is 1.56. The average molecular weight is 250 g/mol. The summed E-state index contributed by atoms with van der Waals surface area (Å²) in [5, 5.41) is 0. The number of ketones is 1. The van der Waals surface area contributed by atoms with Gasteiger partial charge in [0.2, 0.25) is 0 Å². The van der Waals surface area contributed by atoms with Gasteiger partial charge in [-0.15, -0.1) is 0 Å². The zero-order valence-corrected chi connectivity index (χ0v) is 10.9. The number of hydrogen-bond donors (Lipinski definition) is 0. The third kappa shape index (κ3) is 4.20. The van der Waals surface area contributed by atoms with Crippen molar-refractivity contribution in [2.75, 3.05) is 7.11 Å². The van der Waals surface area contributed by atoms with Crippen LogP contribution in [0.25, 0.3) is 0 Å². The van der Waals surface area contributed by atoms with Crippen LogP contribution in [0, 0.1) is 0 Å². The van der Waals surface area contributed by atoms with E-state index in [1.165, 1.54) is 14.0 Å². The SMILES string of the molecule is COC(=O)CCC(C)Oc1ccccc1C(C)=O. The van der Waals surface area contributed by atoms with Gasteiger partial charge in [-0.05, 0) is 32.4 Å². The molecule has 0 amide bonds. The summed E-state index contributed by atoms with van der Waals surface area (Å²) in [6, 6.07) is 7.09. The smallest absolute Gasteiger partial charge is 0.305 e. The topological polar surface area (TPSA) is 52.6 Å². The van der Waals surface area contributed by atoms with Crippen LogP contribution in [-0.2, 0) is 9.53 Å². The largest absolute Gasteiger partial charge is 0.490 e. The highest BCUT2D eigenvalue weighted by Crippen LogP contribution is 2.20. The van der Waals surface area contributed by atoms with Gasteiger partial charge in [0, 0.05) is 6.42 Å². The van der Waals surface area contributed by atoms with Gasteiger partial charge in [-0.2, -0.15) is 0 Å². The van der Waals surface area contributed by atoms with Crippen LogP contribution in [0.5, 0.6) is 5.75 Å². The molecule has 1 atom stereocenters. The Hall–Kier alpha value is -1.84. The van der Waals surface area contributed by atoms with Crippen molar-refractivity contribution in [3.63, 3.8) is 0 Å². The van der Waals surface area contributed by atoms with Crippen LogP contribution < -0.4 is 4.74 Å². The lowest BCUT2D eigenvalue weighted by molar-refractivity contribution is -0.141. The number of para-hydroxylation sites is 1. The number of carbonyl (C=O) groups excluding carboxylic acids is 2. The van der Waals surface area contributed by atoms with Crippen molar-refractivity contribution in [2.24, 2.45) is 0 Å². The molecule has 0 bridgehead atoms. The van der Waals surface area contributed by atoms with E-state index in [0.717, 1.165) is 0 Å². The molecule has 1 rings (SSSR count). The minimum Gasteiger partial charge on any atom is -0.490 e. The Labute approximate surface area is 107 Å². The third-order valence-electron chi connectivity index (χ3n) is 2.58. The van der Waals surface area contributed by atoms with Gasteiger partial charge in [-0.1, -0.05) is 12.1 Å². The quantitative estimate of drug-likeness (QED) is 0.575. The highest BCUT2D eigenvalue weighted by molar-refractivity contribution is 5.96. The van der Waals surface area contributed by atoms with Crippen molar-refractivity contribution in [3.05, 3.63) is 29.8 Å². The van der Waals surface area contributed by atoms with E-state index < -0.39 is 0 Å². The van der Waals surface area contributed by atoms with E-state index in [9.17, 15) is 9.59 Å². The summed E-state index contributed by atoms with van der Waals surface area (Å²) in [6.07, 6.45) is 0.711. The Bertz CT molecular complexity index is 426. The molecule has 0 radical (unpaired) electrons. The standard InChI is InChI=1S/C14H18O4/c1-10(8-9-14(16)17-3)18-13-7-5-4-6-12(13)11(2)15/h4-7,10H,8-9H2,1-3H3. The molecular formula is C14H18O4. The first kappa shape index (κ1) is 14.2. The molecule has 0 N–H and O–H groups in total. The minimum absolute atomic E-state index is 0.0363. The highest BCUT2D eigenvalue weighted by atomic mass is 16.5. The molecule has 0 aliphatic carbocycles. The summed E-state index contributed by atoms with van der Waals surface area (Å²) in [6.45, 7) is 3.36. The summed E-state index contributed by atoms with van der Waals surface area (Å²) in [4.78, 5) is 22.4. The van der Waals surface area contributed by atoms with E-state index in [1.54, 1.807) is 18.2 Å². The fourth-order valence-electron chi connectivity index (χ4n) is 1.56. The predicted molar refractivity (Wildman–Crippen MR) is 67.8 cm³/mol. The Kier molecular flexibility index (Phi) is 5.36. The maximum atomic E-state index is 11.4. The minimum atomic E-state index is -0.259. The summed E-state index contributed by atoms with van der Waals surface area (Å²) >= 11 is 0. The van der Waals surface area contributed by atoms with Gasteiger partial charge < -0.3 is 9.47 Å². The van der Waals surface area contributed by atoms with E-state index >= 15 is 0 Å². The molecule has 0 heterocycles. The Balaban J connectivity index is 2.61. The molecule has 18 heavy (non-hydrogen) atoms. The number of carbonyl (C=O) groups is 2. The molecule has 98 valence electrons. The van der Waals surface area contributed by atoms with Crippen molar-refractivity contribution in [1.29, 1.82) is 0 Å². The Morgan fingerprint density at radius 2 is 1.94 bits per heavy atom. The summed E-state index contributed by atoms with van der Waals surface area (Å²) in [5.41, 5.74) is 0.558. The van der Waals surface area contributed by atoms with Gasteiger partial charge in [-0.3, -0.25) is 9.59 Å². The molecule has 4 nitrogen and oxygen atoms in total. The number of benzene rings is 1. The summed E-state index contributed by atoms with van der Waals surface area (Å²) in [7, 11) is 1.36. The zero-order valence-electron chi connectivity index (χ0n) is 10.9. The number of methoxy groups -OCH3 is 1. The second-order valence-electron chi connectivity index (χ2n) is 4.10. The molecule has 0 aromatic heterocycles. The number of rotatable bonds is 6. The lowest BCUT2D eigenvalue weighted by Gasteiger charge is -2.16. The van der Waals surface area contributed by atoms with Crippen LogP contribution in [0.2, 0.25) is 0 Å². The highest BCUT2D eigenvalue weighted by Gasteiger charge is 2.12. The lowest BCUT2D eigenvalue weighted by atomic mass is 10.1. The van der Waals surface area contributed by atoms with Crippen LogP contribution in [0.15, 0.2) is 24.3 Å². The summed E-state index contributed by atoms with van der Waals surface area (Å²) in [5.74, 6) is 0.262. The van der Waals surface area contributed by atoms with Gasteiger partial charge in [0.25, 0.3) is 0 Å². The number of ether oxygens (including phenoxy) is 2. The van der Waals surface area contributed by atoms with Crippen molar-refractivity contribution in [1.82, 2.24) is 0 Å². The second-order valence-corrected chi connectivity index (χ2v) is 4.10.